The van der Waals surface area contributed by atoms with Gasteiger partial charge in [-0.15, -0.1) is 12.4 Å². The molecule has 0 amide bonds. The first-order valence-electron chi connectivity index (χ1n) is 10.6. The average molecular weight is 460 g/mol. The lowest BCUT2D eigenvalue weighted by molar-refractivity contribution is 0.265. The summed E-state index contributed by atoms with van der Waals surface area (Å²) >= 11 is 6.30. The van der Waals surface area contributed by atoms with Crippen molar-refractivity contribution in [1.82, 2.24) is 5.32 Å². The average Bonchev–Trinajstić information content (AvgIpc) is 2.77. The van der Waals surface area contributed by atoms with Crippen LogP contribution in [0.15, 0.2) is 72.8 Å². The molecule has 3 nitrogen and oxygen atoms in total. The smallest absolute Gasteiger partial charge is 0.166 e. The van der Waals surface area contributed by atoms with Crippen molar-refractivity contribution in [3.05, 3.63) is 94.5 Å². The molecule has 0 aromatic heterocycles. The van der Waals surface area contributed by atoms with Crippen LogP contribution in [0.4, 0.5) is 0 Å². The van der Waals surface area contributed by atoms with Crippen LogP contribution in [0, 0.1) is 0 Å². The molecule has 5 heteroatoms. The molecule has 1 N–H and O–H groups in total. The zero-order valence-corrected chi connectivity index (χ0v) is 19.7. The van der Waals surface area contributed by atoms with E-state index in [-0.39, 0.29) is 12.4 Å². The number of para-hydroxylation sites is 1. The van der Waals surface area contributed by atoms with Crippen molar-refractivity contribution < 1.29 is 9.47 Å². The first-order chi connectivity index (χ1) is 14.7. The molecule has 0 aliphatic heterocycles. The van der Waals surface area contributed by atoms with E-state index in [1.165, 1.54) is 5.56 Å². The molecule has 166 valence electrons. The molecule has 0 saturated heterocycles. The standard InChI is InChI=1S/C26H30ClNO2.ClH/c1-3-29-25-15-9-13-22(26(25)30-19-23-12-7-8-14-24(23)27)18-28-20(2)16-17-21-10-5-4-6-11-21;/h4-15,20,28H,3,16-19H2,1-2H3;1H. The highest BCUT2D eigenvalue weighted by molar-refractivity contribution is 6.31. The molecule has 1 unspecified atom stereocenters. The van der Waals surface area contributed by atoms with Crippen molar-refractivity contribution in [1.29, 1.82) is 0 Å². The fraction of sp³-hybridized carbons (Fsp3) is 0.308. The van der Waals surface area contributed by atoms with Gasteiger partial charge in [0.1, 0.15) is 6.61 Å². The molecule has 3 aromatic rings. The molecule has 3 rings (SSSR count). The molecule has 0 spiro atoms. The van der Waals surface area contributed by atoms with Crippen molar-refractivity contribution in [2.75, 3.05) is 6.61 Å². The van der Waals surface area contributed by atoms with Crippen LogP contribution >= 0.6 is 24.0 Å². The van der Waals surface area contributed by atoms with Crippen molar-refractivity contribution in [3.63, 3.8) is 0 Å². The molecule has 0 heterocycles. The largest absolute Gasteiger partial charge is 0.490 e. The van der Waals surface area contributed by atoms with E-state index in [4.69, 9.17) is 21.1 Å². The summed E-state index contributed by atoms with van der Waals surface area (Å²) in [5, 5.41) is 4.34. The molecule has 0 radical (unpaired) electrons. The predicted octanol–water partition coefficient (Wildman–Crippen LogP) is 6.85. The fourth-order valence-electron chi connectivity index (χ4n) is 3.31. The molecule has 31 heavy (non-hydrogen) atoms. The molecule has 0 aliphatic carbocycles. The minimum Gasteiger partial charge on any atom is -0.490 e. The highest BCUT2D eigenvalue weighted by Crippen LogP contribution is 2.33. The van der Waals surface area contributed by atoms with Gasteiger partial charge in [0.15, 0.2) is 11.5 Å². The molecule has 0 saturated carbocycles. The Balaban J connectivity index is 0.00000341. The topological polar surface area (TPSA) is 30.5 Å². The maximum atomic E-state index is 6.30. The van der Waals surface area contributed by atoms with Gasteiger partial charge in [0.05, 0.1) is 6.61 Å². The highest BCUT2D eigenvalue weighted by Gasteiger charge is 2.13. The summed E-state index contributed by atoms with van der Waals surface area (Å²) in [6.07, 6.45) is 2.13. The molecule has 0 aliphatic rings. The third-order valence-electron chi connectivity index (χ3n) is 5.04. The number of halogens is 2. The number of rotatable bonds is 11. The molecular weight excluding hydrogens is 429 g/mol. The normalized spacial score (nSPS) is 11.5. The van der Waals surface area contributed by atoms with Gasteiger partial charge in [-0.2, -0.15) is 0 Å². The van der Waals surface area contributed by atoms with Gasteiger partial charge in [-0.3, -0.25) is 0 Å². The Kier molecular flexibility index (Phi) is 10.7. The van der Waals surface area contributed by atoms with Crippen molar-refractivity contribution >= 4 is 24.0 Å². The summed E-state index contributed by atoms with van der Waals surface area (Å²) in [5.74, 6) is 1.54. The molecule has 0 fully saturated rings. The Morgan fingerprint density at radius 2 is 1.58 bits per heavy atom. The Morgan fingerprint density at radius 3 is 2.32 bits per heavy atom. The lowest BCUT2D eigenvalue weighted by Gasteiger charge is -2.19. The molecule has 3 aromatic carbocycles. The van der Waals surface area contributed by atoms with E-state index < -0.39 is 0 Å². The van der Waals surface area contributed by atoms with Crippen LogP contribution < -0.4 is 14.8 Å². The summed E-state index contributed by atoms with van der Waals surface area (Å²) in [7, 11) is 0. The second-order valence-corrected chi connectivity index (χ2v) is 7.77. The van der Waals surface area contributed by atoms with E-state index in [0.29, 0.717) is 30.8 Å². The summed E-state index contributed by atoms with van der Waals surface area (Å²) in [6.45, 7) is 5.91. The number of nitrogens with one attached hydrogen (secondary N) is 1. The van der Waals surface area contributed by atoms with Gasteiger partial charge in [0.2, 0.25) is 0 Å². The van der Waals surface area contributed by atoms with Gasteiger partial charge < -0.3 is 14.8 Å². The third kappa shape index (κ3) is 7.77. The van der Waals surface area contributed by atoms with E-state index in [0.717, 1.165) is 35.5 Å². The first kappa shape index (κ1) is 25.1. The monoisotopic (exact) mass is 459 g/mol. The second kappa shape index (κ2) is 13.3. The van der Waals surface area contributed by atoms with Crippen molar-refractivity contribution in [3.8, 4) is 11.5 Å². The highest BCUT2D eigenvalue weighted by atomic mass is 35.5. The number of aryl methyl sites for hydroxylation is 1. The number of hydrogen-bond acceptors (Lipinski definition) is 3. The molecule has 0 bridgehead atoms. The van der Waals surface area contributed by atoms with Gasteiger partial charge in [0.25, 0.3) is 0 Å². The van der Waals surface area contributed by atoms with Crippen molar-refractivity contribution in [2.24, 2.45) is 0 Å². The Bertz CT molecular complexity index is 918. The van der Waals surface area contributed by atoms with Crippen molar-refractivity contribution in [2.45, 2.75) is 45.9 Å². The maximum Gasteiger partial charge on any atom is 0.166 e. The SMILES string of the molecule is CCOc1cccc(CNC(C)CCc2ccccc2)c1OCc1ccccc1Cl.Cl. The number of benzene rings is 3. The summed E-state index contributed by atoms with van der Waals surface area (Å²) < 4.78 is 12.0. The quantitative estimate of drug-likeness (QED) is 0.340. The van der Waals surface area contributed by atoms with Gasteiger partial charge in [-0.25, -0.2) is 0 Å². The van der Waals surface area contributed by atoms with Crippen LogP contribution in [-0.2, 0) is 19.6 Å². The Hall–Kier alpha value is -2.20. The zero-order valence-electron chi connectivity index (χ0n) is 18.1. The number of hydrogen-bond donors (Lipinski definition) is 1. The summed E-state index contributed by atoms with van der Waals surface area (Å²) in [6, 6.07) is 24.8. The maximum absolute atomic E-state index is 6.30. The van der Waals surface area contributed by atoms with E-state index >= 15 is 0 Å². The van der Waals surface area contributed by atoms with E-state index in [1.807, 2.05) is 43.3 Å². The van der Waals surface area contributed by atoms with Crippen LogP contribution in [0.25, 0.3) is 0 Å². The van der Waals surface area contributed by atoms with Crippen LogP contribution in [-0.4, -0.2) is 12.6 Å². The van der Waals surface area contributed by atoms with Gasteiger partial charge >= 0.3 is 0 Å². The zero-order chi connectivity index (χ0) is 21.2. The van der Waals surface area contributed by atoms with Gasteiger partial charge in [-0.1, -0.05) is 72.3 Å². The summed E-state index contributed by atoms with van der Waals surface area (Å²) in [5.41, 5.74) is 3.41. The second-order valence-electron chi connectivity index (χ2n) is 7.36. The van der Waals surface area contributed by atoms with Crippen LogP contribution in [0.5, 0.6) is 11.5 Å². The van der Waals surface area contributed by atoms with E-state index in [9.17, 15) is 0 Å². The fourth-order valence-corrected chi connectivity index (χ4v) is 3.50. The third-order valence-corrected chi connectivity index (χ3v) is 5.41. The molecular formula is C26H31Cl2NO2. The van der Waals surface area contributed by atoms with Crippen LogP contribution in [0.1, 0.15) is 37.0 Å². The Labute approximate surface area is 197 Å². The Morgan fingerprint density at radius 1 is 0.871 bits per heavy atom. The minimum absolute atomic E-state index is 0. The van der Waals surface area contributed by atoms with Crippen LogP contribution in [0.2, 0.25) is 5.02 Å². The van der Waals surface area contributed by atoms with E-state index in [2.05, 4.69) is 48.6 Å². The predicted molar refractivity (Wildman–Crippen MR) is 132 cm³/mol. The summed E-state index contributed by atoms with van der Waals surface area (Å²) in [4.78, 5) is 0. The number of ether oxygens (including phenoxy) is 2. The van der Waals surface area contributed by atoms with Gasteiger partial charge in [-0.05, 0) is 44.4 Å². The first-order valence-corrected chi connectivity index (χ1v) is 10.9. The van der Waals surface area contributed by atoms with Gasteiger partial charge in [0, 0.05) is 28.7 Å². The lowest BCUT2D eigenvalue weighted by Crippen LogP contribution is -2.26. The lowest BCUT2D eigenvalue weighted by atomic mass is 10.1. The van der Waals surface area contributed by atoms with E-state index in [1.54, 1.807) is 0 Å². The molecule has 1 atom stereocenters. The van der Waals surface area contributed by atoms with Crippen LogP contribution in [0.3, 0.4) is 0 Å². The minimum atomic E-state index is 0.